The minimum atomic E-state index is -1.06. The molecule has 20 heavy (non-hydrogen) atoms. The molecular formula is C13H17N5O2. The van der Waals surface area contributed by atoms with Crippen molar-refractivity contribution in [2.24, 2.45) is 5.41 Å². The summed E-state index contributed by atoms with van der Waals surface area (Å²) in [6.45, 7) is 5.59. The average molecular weight is 275 g/mol. The van der Waals surface area contributed by atoms with Gasteiger partial charge in [-0.2, -0.15) is 5.10 Å². The number of nitrogens with one attached hydrogen (secondary N) is 1. The summed E-state index contributed by atoms with van der Waals surface area (Å²) in [6, 6.07) is 3.30. The van der Waals surface area contributed by atoms with Crippen molar-refractivity contribution < 1.29 is 9.90 Å². The molecule has 2 heterocycles. The number of hydrogen-bond donors (Lipinski definition) is 2. The number of carbonyl (C=O) groups is 1. The number of rotatable bonds is 6. The van der Waals surface area contributed by atoms with Crippen LogP contribution in [0.4, 0.5) is 5.82 Å². The van der Waals surface area contributed by atoms with E-state index in [2.05, 4.69) is 34.2 Å². The predicted octanol–water partition coefficient (Wildman–Crippen LogP) is 1.51. The molecule has 0 unspecified atom stereocenters. The van der Waals surface area contributed by atoms with Crippen molar-refractivity contribution in [3.8, 4) is 0 Å². The Morgan fingerprint density at radius 1 is 1.45 bits per heavy atom. The molecule has 7 heteroatoms. The van der Waals surface area contributed by atoms with Crippen LogP contribution in [0.1, 0.15) is 24.3 Å². The van der Waals surface area contributed by atoms with E-state index in [1.165, 1.54) is 12.4 Å². The topological polar surface area (TPSA) is 92.9 Å². The Kier molecular flexibility index (Phi) is 3.97. The molecule has 0 amide bonds. The van der Waals surface area contributed by atoms with Gasteiger partial charge in [0, 0.05) is 37.0 Å². The third-order valence-electron chi connectivity index (χ3n) is 2.78. The fraction of sp³-hybridized carbons (Fsp3) is 0.385. The first-order chi connectivity index (χ1) is 9.46. The van der Waals surface area contributed by atoms with Gasteiger partial charge in [-0.25, -0.2) is 14.8 Å². The van der Waals surface area contributed by atoms with Crippen LogP contribution in [0.5, 0.6) is 0 Å². The highest BCUT2D eigenvalue weighted by molar-refractivity contribution is 5.85. The second-order valence-electron chi connectivity index (χ2n) is 5.32. The molecule has 2 rings (SSSR count). The summed E-state index contributed by atoms with van der Waals surface area (Å²) < 4.78 is 1.87. The number of hydrogen-bond acceptors (Lipinski definition) is 5. The zero-order valence-corrected chi connectivity index (χ0v) is 11.4. The van der Waals surface area contributed by atoms with Crippen molar-refractivity contribution in [1.29, 1.82) is 0 Å². The monoisotopic (exact) mass is 275 g/mol. The summed E-state index contributed by atoms with van der Waals surface area (Å²) in [4.78, 5) is 18.5. The third kappa shape index (κ3) is 3.78. The van der Waals surface area contributed by atoms with E-state index in [9.17, 15) is 4.79 Å². The standard InChI is InChI=1S/C13H17N5O2/c1-13(2,8-18-5-3-4-17-18)7-14-11-6-10(12(19)20)15-9-16-11/h3-6,9H,7-8H2,1-2H3,(H,19,20)(H,14,15,16). The molecule has 0 atom stereocenters. The Morgan fingerprint density at radius 2 is 2.25 bits per heavy atom. The molecule has 0 spiro atoms. The van der Waals surface area contributed by atoms with Crippen molar-refractivity contribution in [1.82, 2.24) is 19.7 Å². The highest BCUT2D eigenvalue weighted by Gasteiger charge is 2.19. The lowest BCUT2D eigenvalue weighted by Crippen LogP contribution is -2.29. The van der Waals surface area contributed by atoms with Crippen LogP contribution in [-0.4, -0.2) is 37.4 Å². The van der Waals surface area contributed by atoms with Crippen LogP contribution in [0, 0.1) is 5.41 Å². The van der Waals surface area contributed by atoms with E-state index in [1.54, 1.807) is 6.20 Å². The smallest absolute Gasteiger partial charge is 0.354 e. The number of anilines is 1. The lowest BCUT2D eigenvalue weighted by molar-refractivity contribution is 0.0690. The quantitative estimate of drug-likeness (QED) is 0.830. The van der Waals surface area contributed by atoms with E-state index in [-0.39, 0.29) is 11.1 Å². The van der Waals surface area contributed by atoms with Crippen molar-refractivity contribution in [2.45, 2.75) is 20.4 Å². The van der Waals surface area contributed by atoms with Crippen LogP contribution in [0.2, 0.25) is 0 Å². The Labute approximate surface area is 116 Å². The van der Waals surface area contributed by atoms with Gasteiger partial charge in [0.1, 0.15) is 12.1 Å². The van der Waals surface area contributed by atoms with Gasteiger partial charge in [-0.05, 0) is 6.07 Å². The summed E-state index contributed by atoms with van der Waals surface area (Å²) in [5, 5.41) is 16.2. The van der Waals surface area contributed by atoms with E-state index in [0.29, 0.717) is 12.4 Å². The van der Waals surface area contributed by atoms with E-state index in [1.807, 2.05) is 16.9 Å². The summed E-state index contributed by atoms with van der Waals surface area (Å²) in [7, 11) is 0. The van der Waals surface area contributed by atoms with Gasteiger partial charge in [0.05, 0.1) is 0 Å². The van der Waals surface area contributed by atoms with Gasteiger partial charge in [0.25, 0.3) is 0 Å². The van der Waals surface area contributed by atoms with Crippen LogP contribution in [0.3, 0.4) is 0 Å². The zero-order valence-electron chi connectivity index (χ0n) is 11.4. The summed E-state index contributed by atoms with van der Waals surface area (Å²) in [5.41, 5.74) is -0.0761. The molecule has 0 aromatic carbocycles. The van der Waals surface area contributed by atoms with Crippen molar-refractivity contribution in [2.75, 3.05) is 11.9 Å². The molecule has 0 saturated heterocycles. The first-order valence-electron chi connectivity index (χ1n) is 6.23. The Morgan fingerprint density at radius 3 is 2.90 bits per heavy atom. The second kappa shape index (κ2) is 5.68. The molecule has 0 saturated carbocycles. The van der Waals surface area contributed by atoms with Gasteiger partial charge in [0.15, 0.2) is 5.69 Å². The van der Waals surface area contributed by atoms with Gasteiger partial charge >= 0.3 is 5.97 Å². The lowest BCUT2D eigenvalue weighted by atomic mass is 9.93. The maximum atomic E-state index is 10.8. The fourth-order valence-corrected chi connectivity index (χ4v) is 1.79. The number of aromatic carboxylic acids is 1. The number of carboxylic acids is 1. The molecule has 0 radical (unpaired) electrons. The summed E-state index contributed by atoms with van der Waals surface area (Å²) in [5.74, 6) is -0.558. The van der Waals surface area contributed by atoms with Gasteiger partial charge in [0.2, 0.25) is 0 Å². The van der Waals surface area contributed by atoms with E-state index in [4.69, 9.17) is 5.11 Å². The highest BCUT2D eigenvalue weighted by Crippen LogP contribution is 2.18. The third-order valence-corrected chi connectivity index (χ3v) is 2.78. The molecule has 0 aliphatic carbocycles. The Hall–Kier alpha value is -2.44. The predicted molar refractivity (Wildman–Crippen MR) is 73.5 cm³/mol. The first kappa shape index (κ1) is 14.0. The molecule has 2 N–H and O–H groups in total. The van der Waals surface area contributed by atoms with E-state index in [0.717, 1.165) is 6.54 Å². The Bertz CT molecular complexity index is 580. The van der Waals surface area contributed by atoms with Crippen LogP contribution in [-0.2, 0) is 6.54 Å². The maximum Gasteiger partial charge on any atom is 0.354 e. The second-order valence-corrected chi connectivity index (χ2v) is 5.32. The number of carboxylic acid groups (broad SMARTS) is 1. The molecule has 0 bridgehead atoms. The zero-order chi connectivity index (χ0) is 14.6. The molecular weight excluding hydrogens is 258 g/mol. The maximum absolute atomic E-state index is 10.8. The molecule has 0 aliphatic rings. The van der Waals surface area contributed by atoms with Crippen molar-refractivity contribution in [3.05, 3.63) is 36.5 Å². The average Bonchev–Trinajstić information content (AvgIpc) is 2.89. The molecule has 2 aromatic rings. The molecule has 106 valence electrons. The first-order valence-corrected chi connectivity index (χ1v) is 6.23. The molecule has 2 aromatic heterocycles. The molecule has 0 aliphatic heterocycles. The minimum Gasteiger partial charge on any atom is -0.477 e. The van der Waals surface area contributed by atoms with Crippen molar-refractivity contribution >= 4 is 11.8 Å². The summed E-state index contributed by atoms with van der Waals surface area (Å²) >= 11 is 0. The van der Waals surface area contributed by atoms with Gasteiger partial charge < -0.3 is 10.4 Å². The van der Waals surface area contributed by atoms with Gasteiger partial charge in [-0.15, -0.1) is 0 Å². The highest BCUT2D eigenvalue weighted by atomic mass is 16.4. The minimum absolute atomic E-state index is 0.0209. The fourth-order valence-electron chi connectivity index (χ4n) is 1.79. The lowest BCUT2D eigenvalue weighted by Gasteiger charge is -2.25. The van der Waals surface area contributed by atoms with E-state index >= 15 is 0 Å². The largest absolute Gasteiger partial charge is 0.477 e. The van der Waals surface area contributed by atoms with Crippen LogP contribution < -0.4 is 5.32 Å². The SMILES string of the molecule is CC(C)(CNc1cc(C(=O)O)ncn1)Cn1cccn1. The van der Waals surface area contributed by atoms with E-state index < -0.39 is 5.97 Å². The van der Waals surface area contributed by atoms with Crippen LogP contribution in [0.15, 0.2) is 30.9 Å². The van der Waals surface area contributed by atoms with Gasteiger partial charge in [-0.3, -0.25) is 4.68 Å². The van der Waals surface area contributed by atoms with Crippen molar-refractivity contribution in [3.63, 3.8) is 0 Å². The molecule has 0 fully saturated rings. The normalized spacial score (nSPS) is 11.3. The van der Waals surface area contributed by atoms with Crippen LogP contribution in [0.25, 0.3) is 0 Å². The summed E-state index contributed by atoms with van der Waals surface area (Å²) in [6.07, 6.45) is 4.90. The van der Waals surface area contributed by atoms with Crippen LogP contribution >= 0.6 is 0 Å². The Balaban J connectivity index is 1.97. The molecule has 7 nitrogen and oxygen atoms in total. The number of nitrogens with zero attached hydrogens (tertiary/aromatic N) is 4. The number of aromatic nitrogens is 4. The van der Waals surface area contributed by atoms with Gasteiger partial charge in [-0.1, -0.05) is 13.8 Å².